The van der Waals surface area contributed by atoms with Crippen LogP contribution in [0, 0.1) is 0 Å². The van der Waals surface area contributed by atoms with Crippen LogP contribution in [0.25, 0.3) is 11.1 Å². The summed E-state index contributed by atoms with van der Waals surface area (Å²) < 4.78 is 5.62. The molecule has 0 aliphatic rings. The second-order valence-corrected chi connectivity index (χ2v) is 5.53. The van der Waals surface area contributed by atoms with Crippen molar-refractivity contribution in [2.24, 2.45) is 0 Å². The zero-order valence-electron chi connectivity index (χ0n) is 11.9. The van der Waals surface area contributed by atoms with Gasteiger partial charge in [-0.2, -0.15) is 0 Å². The van der Waals surface area contributed by atoms with Gasteiger partial charge in [-0.3, -0.25) is 4.98 Å². The van der Waals surface area contributed by atoms with Crippen molar-refractivity contribution in [3.8, 4) is 16.9 Å². The van der Waals surface area contributed by atoms with Crippen LogP contribution in [-0.4, -0.2) is 16.7 Å². The van der Waals surface area contributed by atoms with Crippen molar-refractivity contribution in [1.82, 2.24) is 4.98 Å². The molecule has 1 N–H and O–H groups in total. The Kier molecular flexibility index (Phi) is 4.31. The summed E-state index contributed by atoms with van der Waals surface area (Å²) >= 11 is 6.07. The minimum atomic E-state index is -0.937. The molecule has 0 spiro atoms. The van der Waals surface area contributed by atoms with Crippen LogP contribution in [0.2, 0.25) is 5.02 Å². The SMILES string of the molecule is CCOc1ccc(Cl)cc1-c1cncc(C(C)(C)O)c1. The van der Waals surface area contributed by atoms with Crippen LogP contribution in [0.3, 0.4) is 0 Å². The van der Waals surface area contributed by atoms with E-state index in [2.05, 4.69) is 4.98 Å². The second kappa shape index (κ2) is 5.81. The monoisotopic (exact) mass is 291 g/mol. The lowest BCUT2D eigenvalue weighted by Gasteiger charge is -2.18. The van der Waals surface area contributed by atoms with E-state index in [-0.39, 0.29) is 0 Å². The first-order valence-corrected chi connectivity index (χ1v) is 6.90. The van der Waals surface area contributed by atoms with Crippen LogP contribution < -0.4 is 4.74 Å². The lowest BCUT2D eigenvalue weighted by Crippen LogP contribution is -2.15. The van der Waals surface area contributed by atoms with Gasteiger partial charge < -0.3 is 9.84 Å². The molecule has 0 atom stereocenters. The van der Waals surface area contributed by atoms with Gasteiger partial charge in [-0.25, -0.2) is 0 Å². The number of aliphatic hydroxyl groups is 1. The minimum Gasteiger partial charge on any atom is -0.493 e. The third-order valence-electron chi connectivity index (χ3n) is 3.00. The molecule has 0 saturated carbocycles. The fourth-order valence-electron chi connectivity index (χ4n) is 1.93. The first kappa shape index (κ1) is 14.8. The number of hydrogen-bond donors (Lipinski definition) is 1. The third kappa shape index (κ3) is 3.30. The van der Waals surface area contributed by atoms with Crippen molar-refractivity contribution < 1.29 is 9.84 Å². The summed E-state index contributed by atoms with van der Waals surface area (Å²) in [4.78, 5) is 4.20. The van der Waals surface area contributed by atoms with Crippen molar-refractivity contribution in [3.63, 3.8) is 0 Å². The van der Waals surface area contributed by atoms with Gasteiger partial charge in [0.2, 0.25) is 0 Å². The van der Waals surface area contributed by atoms with Crippen molar-refractivity contribution in [3.05, 3.63) is 47.2 Å². The van der Waals surface area contributed by atoms with Gasteiger partial charge in [-0.05, 0) is 45.0 Å². The fourth-order valence-corrected chi connectivity index (χ4v) is 2.10. The highest BCUT2D eigenvalue weighted by atomic mass is 35.5. The Bertz CT molecular complexity index is 606. The number of halogens is 1. The van der Waals surface area contributed by atoms with Crippen molar-refractivity contribution in [2.75, 3.05) is 6.61 Å². The lowest BCUT2D eigenvalue weighted by molar-refractivity contribution is 0.0783. The fraction of sp³-hybridized carbons (Fsp3) is 0.312. The summed E-state index contributed by atoms with van der Waals surface area (Å²) in [5.74, 6) is 0.756. The zero-order valence-corrected chi connectivity index (χ0v) is 12.6. The van der Waals surface area contributed by atoms with E-state index in [1.54, 1.807) is 32.3 Å². The van der Waals surface area contributed by atoms with E-state index in [0.717, 1.165) is 22.4 Å². The Morgan fingerprint density at radius 1 is 1.25 bits per heavy atom. The molecule has 0 aliphatic heterocycles. The molecule has 1 heterocycles. The molecule has 2 aromatic rings. The number of benzene rings is 1. The minimum absolute atomic E-state index is 0.577. The normalized spacial score (nSPS) is 11.4. The molecule has 0 bridgehead atoms. The molecule has 0 fully saturated rings. The molecule has 20 heavy (non-hydrogen) atoms. The molecule has 4 heteroatoms. The number of aromatic nitrogens is 1. The highest BCUT2D eigenvalue weighted by Gasteiger charge is 2.18. The maximum absolute atomic E-state index is 10.1. The smallest absolute Gasteiger partial charge is 0.127 e. The van der Waals surface area contributed by atoms with Gasteiger partial charge in [-0.1, -0.05) is 11.6 Å². The number of nitrogens with zero attached hydrogens (tertiary/aromatic N) is 1. The highest BCUT2D eigenvalue weighted by molar-refractivity contribution is 6.31. The number of rotatable bonds is 4. The Hall–Kier alpha value is -1.58. The summed E-state index contributed by atoms with van der Waals surface area (Å²) in [6, 6.07) is 7.39. The van der Waals surface area contributed by atoms with Crippen LogP contribution in [0.4, 0.5) is 0 Å². The standard InChI is InChI=1S/C16H18ClNO2/c1-4-20-15-6-5-13(17)8-14(15)11-7-12(10-18-9-11)16(2,3)19/h5-10,19H,4H2,1-3H3. The zero-order chi connectivity index (χ0) is 14.8. The largest absolute Gasteiger partial charge is 0.493 e. The Morgan fingerprint density at radius 3 is 2.65 bits per heavy atom. The molecule has 0 aliphatic carbocycles. The van der Waals surface area contributed by atoms with E-state index in [0.29, 0.717) is 11.6 Å². The van der Waals surface area contributed by atoms with Crippen LogP contribution in [-0.2, 0) is 5.60 Å². The summed E-state index contributed by atoms with van der Waals surface area (Å²) in [6.07, 6.45) is 3.40. The third-order valence-corrected chi connectivity index (χ3v) is 3.23. The molecule has 0 saturated heterocycles. The molecular formula is C16H18ClNO2. The van der Waals surface area contributed by atoms with E-state index in [4.69, 9.17) is 16.3 Å². The average Bonchev–Trinajstić information content (AvgIpc) is 2.40. The Morgan fingerprint density at radius 2 is 2.00 bits per heavy atom. The van der Waals surface area contributed by atoms with E-state index in [1.807, 2.05) is 25.1 Å². The maximum Gasteiger partial charge on any atom is 0.127 e. The van der Waals surface area contributed by atoms with E-state index >= 15 is 0 Å². The molecular weight excluding hydrogens is 274 g/mol. The van der Waals surface area contributed by atoms with Gasteiger partial charge in [0.05, 0.1) is 12.2 Å². The van der Waals surface area contributed by atoms with Crippen LogP contribution >= 0.6 is 11.6 Å². The summed E-state index contributed by atoms with van der Waals surface area (Å²) in [5, 5.41) is 10.7. The van der Waals surface area contributed by atoms with E-state index < -0.39 is 5.60 Å². The molecule has 0 radical (unpaired) electrons. The number of ether oxygens (including phenoxy) is 1. The van der Waals surface area contributed by atoms with Crippen molar-refractivity contribution in [2.45, 2.75) is 26.4 Å². The van der Waals surface area contributed by atoms with Gasteiger partial charge in [0.25, 0.3) is 0 Å². The molecule has 3 nitrogen and oxygen atoms in total. The molecule has 106 valence electrons. The van der Waals surface area contributed by atoms with Gasteiger partial charge in [-0.15, -0.1) is 0 Å². The van der Waals surface area contributed by atoms with Crippen LogP contribution in [0.15, 0.2) is 36.7 Å². The first-order chi connectivity index (χ1) is 9.41. The number of pyridine rings is 1. The van der Waals surface area contributed by atoms with E-state index in [9.17, 15) is 5.11 Å². The van der Waals surface area contributed by atoms with Crippen molar-refractivity contribution in [1.29, 1.82) is 0 Å². The van der Waals surface area contributed by atoms with Gasteiger partial charge >= 0.3 is 0 Å². The molecule has 1 aromatic heterocycles. The molecule has 1 aromatic carbocycles. The quantitative estimate of drug-likeness (QED) is 0.925. The van der Waals surface area contributed by atoms with Crippen molar-refractivity contribution >= 4 is 11.6 Å². The maximum atomic E-state index is 10.1. The van der Waals surface area contributed by atoms with Crippen LogP contribution in [0.1, 0.15) is 26.3 Å². The molecule has 0 amide bonds. The van der Waals surface area contributed by atoms with E-state index in [1.165, 1.54) is 0 Å². The lowest BCUT2D eigenvalue weighted by atomic mass is 9.96. The Labute approximate surface area is 124 Å². The van der Waals surface area contributed by atoms with Gasteiger partial charge in [0.15, 0.2) is 0 Å². The Balaban J connectivity index is 2.53. The number of hydrogen-bond acceptors (Lipinski definition) is 3. The summed E-state index contributed by atoms with van der Waals surface area (Å²) in [6.45, 7) is 5.97. The predicted molar refractivity (Wildman–Crippen MR) is 81.1 cm³/mol. The predicted octanol–water partition coefficient (Wildman–Crippen LogP) is 4.03. The summed E-state index contributed by atoms with van der Waals surface area (Å²) in [7, 11) is 0. The first-order valence-electron chi connectivity index (χ1n) is 6.52. The molecule has 0 unspecified atom stereocenters. The van der Waals surface area contributed by atoms with Crippen LogP contribution in [0.5, 0.6) is 5.75 Å². The topological polar surface area (TPSA) is 42.4 Å². The average molecular weight is 292 g/mol. The molecule has 2 rings (SSSR count). The highest BCUT2D eigenvalue weighted by Crippen LogP contribution is 2.34. The van der Waals surface area contributed by atoms with Gasteiger partial charge in [0, 0.05) is 34.1 Å². The second-order valence-electron chi connectivity index (χ2n) is 5.09. The van der Waals surface area contributed by atoms with Gasteiger partial charge in [0.1, 0.15) is 5.75 Å². The summed E-state index contributed by atoms with van der Waals surface area (Å²) in [5.41, 5.74) is 1.55.